The van der Waals surface area contributed by atoms with Crippen LogP contribution < -0.4 is 15.1 Å². The molecular weight excluding hydrogens is 351 g/mol. The Bertz CT molecular complexity index is 787. The minimum atomic E-state index is -1.14. The van der Waals surface area contributed by atoms with E-state index in [0.717, 1.165) is 5.69 Å². The van der Waals surface area contributed by atoms with Crippen molar-refractivity contribution < 1.29 is 18.7 Å². The average molecular weight is 372 g/mol. The van der Waals surface area contributed by atoms with E-state index in [1.807, 2.05) is 17.0 Å². The Morgan fingerprint density at radius 3 is 2.70 bits per heavy atom. The lowest BCUT2D eigenvalue weighted by Gasteiger charge is -2.33. The lowest BCUT2D eigenvalue weighted by atomic mass is 10.0. The van der Waals surface area contributed by atoms with Crippen LogP contribution in [0.1, 0.15) is 13.3 Å². The first-order chi connectivity index (χ1) is 13.0. The second kappa shape index (κ2) is 8.08. The monoisotopic (exact) mass is 372 g/mol. The van der Waals surface area contributed by atoms with Crippen LogP contribution in [-0.4, -0.2) is 50.5 Å². The zero-order valence-corrected chi connectivity index (χ0v) is 15.0. The van der Waals surface area contributed by atoms with Crippen molar-refractivity contribution in [2.45, 2.75) is 25.6 Å². The number of alkyl halides is 1. The molecule has 0 spiro atoms. The highest BCUT2D eigenvalue weighted by molar-refractivity contribution is 5.90. The Hall–Kier alpha value is -3.08. The van der Waals surface area contributed by atoms with Gasteiger partial charge in [0.15, 0.2) is 6.20 Å². The smallest absolute Gasteiger partial charge is 0.414 e. The second-order valence-electron chi connectivity index (χ2n) is 6.57. The zero-order valence-electron chi connectivity index (χ0n) is 15.0. The molecule has 0 saturated carbocycles. The number of ether oxygens (including phenoxy) is 1. The molecular formula is C19H21FN4O3. The number of nitrogens with one attached hydrogen (secondary N) is 1. The van der Waals surface area contributed by atoms with Crippen molar-refractivity contribution in [3.63, 3.8) is 0 Å². The molecule has 0 radical (unpaired) electrons. The number of benzene rings is 1. The molecule has 2 heterocycles. The quantitative estimate of drug-likeness (QED) is 0.825. The van der Waals surface area contributed by atoms with Crippen LogP contribution in [-0.2, 0) is 9.53 Å². The number of hydrogen-bond donors (Lipinski definition) is 1. The highest BCUT2D eigenvalue weighted by Crippen LogP contribution is 2.28. The summed E-state index contributed by atoms with van der Waals surface area (Å²) in [6.45, 7) is 9.74. The van der Waals surface area contributed by atoms with Gasteiger partial charge in [0.05, 0.1) is 26.2 Å². The molecule has 0 aliphatic carbocycles. The molecule has 2 atom stereocenters. The van der Waals surface area contributed by atoms with Crippen molar-refractivity contribution in [3.05, 3.63) is 47.5 Å². The van der Waals surface area contributed by atoms with Gasteiger partial charge in [-0.05, 0) is 36.3 Å². The van der Waals surface area contributed by atoms with Gasteiger partial charge in [-0.15, -0.1) is 0 Å². The number of carbonyl (C=O) groups excluding carboxylic acids is 2. The molecule has 2 amide bonds. The van der Waals surface area contributed by atoms with Gasteiger partial charge in [-0.1, -0.05) is 0 Å². The lowest BCUT2D eigenvalue weighted by molar-refractivity contribution is -0.119. The third-order valence-corrected chi connectivity index (χ3v) is 4.66. The van der Waals surface area contributed by atoms with Crippen molar-refractivity contribution in [1.82, 2.24) is 5.32 Å². The maximum atomic E-state index is 14.2. The van der Waals surface area contributed by atoms with Crippen molar-refractivity contribution >= 4 is 23.4 Å². The van der Waals surface area contributed by atoms with E-state index >= 15 is 0 Å². The van der Waals surface area contributed by atoms with Crippen LogP contribution in [0.15, 0.2) is 36.0 Å². The first kappa shape index (κ1) is 18.7. The van der Waals surface area contributed by atoms with Gasteiger partial charge >= 0.3 is 6.09 Å². The van der Waals surface area contributed by atoms with Gasteiger partial charge in [0.1, 0.15) is 12.3 Å². The highest BCUT2D eigenvalue weighted by Gasteiger charge is 2.32. The van der Waals surface area contributed by atoms with E-state index in [9.17, 15) is 14.0 Å². The Balaban J connectivity index is 1.62. The molecule has 0 bridgehead atoms. The van der Waals surface area contributed by atoms with Crippen LogP contribution in [0.25, 0.3) is 4.85 Å². The van der Waals surface area contributed by atoms with Gasteiger partial charge in [0, 0.05) is 24.8 Å². The van der Waals surface area contributed by atoms with E-state index in [-0.39, 0.29) is 25.1 Å². The Labute approximate surface area is 157 Å². The number of carbonyl (C=O) groups is 2. The first-order valence-corrected chi connectivity index (χ1v) is 8.75. The van der Waals surface area contributed by atoms with E-state index in [4.69, 9.17) is 11.3 Å². The summed E-state index contributed by atoms with van der Waals surface area (Å²) in [5.74, 6) is -0.170. The number of halogens is 1. The van der Waals surface area contributed by atoms with E-state index in [1.165, 1.54) is 18.0 Å². The van der Waals surface area contributed by atoms with Gasteiger partial charge in [-0.25, -0.2) is 14.0 Å². The predicted octanol–water partition coefficient (Wildman–Crippen LogP) is 2.50. The van der Waals surface area contributed by atoms with Crippen molar-refractivity contribution in [1.29, 1.82) is 0 Å². The van der Waals surface area contributed by atoms with E-state index in [0.29, 0.717) is 30.8 Å². The summed E-state index contributed by atoms with van der Waals surface area (Å²) in [6.07, 6.45) is -0.177. The SMILES string of the molecule is [C-]#[N+]C=C1CCN(c2ccc(N3C[C@H](CNC(C)=O)OC3=O)cc2)CC1F. The summed E-state index contributed by atoms with van der Waals surface area (Å²) in [7, 11) is 0. The minimum absolute atomic E-state index is 0.170. The van der Waals surface area contributed by atoms with Gasteiger partial charge in [-0.3, -0.25) is 9.69 Å². The number of amides is 2. The molecule has 3 rings (SSSR count). The summed E-state index contributed by atoms with van der Waals surface area (Å²) in [6, 6.07) is 7.30. The van der Waals surface area contributed by atoms with Crippen LogP contribution >= 0.6 is 0 Å². The minimum Gasteiger partial charge on any atom is -0.442 e. The topological polar surface area (TPSA) is 66.2 Å². The summed E-state index contributed by atoms with van der Waals surface area (Å²) >= 11 is 0. The molecule has 1 aromatic carbocycles. The van der Waals surface area contributed by atoms with E-state index in [2.05, 4.69) is 10.2 Å². The molecule has 2 saturated heterocycles. The molecule has 7 nitrogen and oxygen atoms in total. The van der Waals surface area contributed by atoms with Crippen molar-refractivity contribution in [2.24, 2.45) is 0 Å². The molecule has 2 aliphatic heterocycles. The third kappa shape index (κ3) is 4.37. The Kier molecular flexibility index (Phi) is 5.60. The number of nitrogens with zero attached hydrogens (tertiary/aromatic N) is 3. The van der Waals surface area contributed by atoms with Crippen molar-refractivity contribution in [2.75, 3.05) is 36.0 Å². The molecule has 2 aliphatic rings. The van der Waals surface area contributed by atoms with Crippen LogP contribution in [0.5, 0.6) is 0 Å². The fourth-order valence-electron chi connectivity index (χ4n) is 3.23. The highest BCUT2D eigenvalue weighted by atomic mass is 19.1. The molecule has 2 fully saturated rings. The molecule has 142 valence electrons. The van der Waals surface area contributed by atoms with Gasteiger partial charge in [0.25, 0.3) is 0 Å². The molecule has 27 heavy (non-hydrogen) atoms. The summed E-state index contributed by atoms with van der Waals surface area (Å²) < 4.78 is 19.4. The second-order valence-corrected chi connectivity index (χ2v) is 6.57. The Morgan fingerprint density at radius 1 is 1.37 bits per heavy atom. The number of rotatable bonds is 4. The number of anilines is 2. The molecule has 0 aromatic heterocycles. The summed E-state index contributed by atoms with van der Waals surface area (Å²) in [4.78, 5) is 29.6. The normalized spacial score (nSPS) is 23.9. The standard InChI is InChI=1S/C19H21FN4O3/c1-13(25)22-10-17-11-24(19(26)27-17)16-5-3-15(4-6-16)23-8-7-14(9-21-2)18(20)12-23/h3-6,9,17-18H,7-8,10-12H2,1H3,(H,22,25)/t17-,18?/m0/s1. The van der Waals surface area contributed by atoms with E-state index in [1.54, 1.807) is 12.1 Å². The number of hydrogen-bond acceptors (Lipinski definition) is 4. The largest absolute Gasteiger partial charge is 0.442 e. The molecule has 1 N–H and O–H groups in total. The van der Waals surface area contributed by atoms with Crippen LogP contribution in [0.4, 0.5) is 20.6 Å². The average Bonchev–Trinajstić information content (AvgIpc) is 3.03. The number of cyclic esters (lactones) is 1. The fourth-order valence-corrected chi connectivity index (χ4v) is 3.23. The maximum absolute atomic E-state index is 14.2. The van der Waals surface area contributed by atoms with Crippen LogP contribution in [0.2, 0.25) is 0 Å². The summed E-state index contributed by atoms with van der Waals surface area (Å²) in [5.41, 5.74) is 2.10. The van der Waals surface area contributed by atoms with Gasteiger partial charge < -0.3 is 15.0 Å². The van der Waals surface area contributed by atoms with Crippen molar-refractivity contribution in [3.8, 4) is 0 Å². The lowest BCUT2D eigenvalue weighted by Crippen LogP contribution is -2.37. The third-order valence-electron chi connectivity index (χ3n) is 4.66. The van der Waals surface area contributed by atoms with Gasteiger partial charge in [-0.2, -0.15) is 0 Å². The molecule has 1 unspecified atom stereocenters. The molecule has 1 aromatic rings. The zero-order chi connectivity index (χ0) is 19.4. The fraction of sp³-hybridized carbons (Fsp3) is 0.421. The predicted molar refractivity (Wildman–Crippen MR) is 99.2 cm³/mol. The summed E-state index contributed by atoms with van der Waals surface area (Å²) in [5, 5.41) is 2.64. The first-order valence-electron chi connectivity index (χ1n) is 8.75. The maximum Gasteiger partial charge on any atom is 0.414 e. The Morgan fingerprint density at radius 2 is 2.07 bits per heavy atom. The van der Waals surface area contributed by atoms with E-state index < -0.39 is 12.3 Å². The van der Waals surface area contributed by atoms with Crippen LogP contribution in [0, 0.1) is 6.57 Å². The molecule has 8 heteroatoms. The number of piperidine rings is 1. The van der Waals surface area contributed by atoms with Crippen LogP contribution in [0.3, 0.4) is 0 Å². The van der Waals surface area contributed by atoms with Gasteiger partial charge in [0.2, 0.25) is 5.91 Å².